The normalized spacial score (nSPS) is 12.5. The summed E-state index contributed by atoms with van der Waals surface area (Å²) in [6.07, 6.45) is 2.24. The highest BCUT2D eigenvalue weighted by Crippen LogP contribution is 2.28. The Bertz CT molecular complexity index is 626. The minimum absolute atomic E-state index is 0.191. The molecule has 0 aliphatic carbocycles. The van der Waals surface area contributed by atoms with Gasteiger partial charge in [0.25, 0.3) is 0 Å². The fraction of sp³-hybridized carbons (Fsp3) is 0.294. The summed E-state index contributed by atoms with van der Waals surface area (Å²) in [5.74, 6) is 0. The van der Waals surface area contributed by atoms with Crippen LogP contribution in [0.1, 0.15) is 42.5 Å². The van der Waals surface area contributed by atoms with Crippen molar-refractivity contribution in [3.05, 3.63) is 92.7 Å². The van der Waals surface area contributed by atoms with E-state index in [1.807, 2.05) is 60.7 Å². The number of hydrogen-bond donors (Lipinski definition) is 0. The van der Waals surface area contributed by atoms with Crippen molar-refractivity contribution in [1.82, 2.24) is 0 Å². The van der Waals surface area contributed by atoms with Crippen molar-refractivity contribution in [2.45, 2.75) is 31.3 Å². The van der Waals surface area contributed by atoms with E-state index < -0.39 is 0 Å². The molecule has 0 radical (unpaired) electrons. The summed E-state index contributed by atoms with van der Waals surface area (Å²) in [5.41, 5.74) is 19.5. The average Bonchev–Trinajstić information content (AvgIpc) is 2.61. The summed E-state index contributed by atoms with van der Waals surface area (Å²) < 4.78 is 0. The Kier molecular flexibility index (Phi) is 6.54. The number of rotatable bonds is 8. The zero-order valence-electron chi connectivity index (χ0n) is 12.7. The molecule has 0 saturated carbocycles. The Hall–Kier alpha value is -2.94. The molecule has 0 spiro atoms. The quantitative estimate of drug-likeness (QED) is 0.312. The predicted octanol–water partition coefficient (Wildman–Crippen LogP) is 6.26. The second-order valence-corrected chi connectivity index (χ2v) is 5.19. The Labute approximate surface area is 135 Å². The molecule has 0 fully saturated rings. The fourth-order valence-electron chi connectivity index (χ4n) is 2.56. The third-order valence-corrected chi connectivity index (χ3v) is 3.71. The Balaban J connectivity index is 2.00. The molecule has 0 aliphatic rings. The molecule has 2 rings (SSSR count). The summed E-state index contributed by atoms with van der Waals surface area (Å²) in [6.45, 7) is 0. The van der Waals surface area contributed by atoms with Gasteiger partial charge in [0.2, 0.25) is 0 Å². The van der Waals surface area contributed by atoms with Crippen LogP contribution >= 0.6 is 0 Å². The van der Waals surface area contributed by atoms with Gasteiger partial charge in [0, 0.05) is 9.82 Å². The highest BCUT2D eigenvalue weighted by molar-refractivity contribution is 5.20. The van der Waals surface area contributed by atoms with Crippen molar-refractivity contribution in [1.29, 1.82) is 0 Å². The topological polar surface area (TPSA) is 97.5 Å². The van der Waals surface area contributed by atoms with E-state index in [2.05, 4.69) is 20.1 Å². The fourth-order valence-corrected chi connectivity index (χ4v) is 2.56. The van der Waals surface area contributed by atoms with E-state index in [0.717, 1.165) is 30.4 Å². The van der Waals surface area contributed by atoms with Crippen LogP contribution in [-0.4, -0.2) is 0 Å². The predicted molar refractivity (Wildman–Crippen MR) is 90.5 cm³/mol. The summed E-state index contributed by atoms with van der Waals surface area (Å²) in [7, 11) is 0. The lowest BCUT2D eigenvalue weighted by molar-refractivity contribution is 0.536. The zero-order chi connectivity index (χ0) is 16.3. The first-order valence-corrected chi connectivity index (χ1v) is 7.53. The molecule has 0 saturated heterocycles. The van der Waals surface area contributed by atoms with Gasteiger partial charge in [0.15, 0.2) is 0 Å². The molecule has 2 aromatic rings. The molecule has 2 atom stereocenters. The SMILES string of the molecule is [N-]=[N+]=NC(CCCC(N=[N+]=[N-])c1ccccc1)c1ccccc1. The van der Waals surface area contributed by atoms with Gasteiger partial charge in [-0.3, -0.25) is 0 Å². The molecule has 0 aliphatic heterocycles. The van der Waals surface area contributed by atoms with Crippen LogP contribution in [0.3, 0.4) is 0 Å². The number of benzene rings is 2. The van der Waals surface area contributed by atoms with Gasteiger partial charge in [-0.15, -0.1) is 0 Å². The Morgan fingerprint density at radius 2 is 1.09 bits per heavy atom. The van der Waals surface area contributed by atoms with Gasteiger partial charge in [-0.05, 0) is 35.0 Å². The first-order valence-electron chi connectivity index (χ1n) is 7.53. The van der Waals surface area contributed by atoms with Gasteiger partial charge in [-0.25, -0.2) is 0 Å². The van der Waals surface area contributed by atoms with Crippen molar-refractivity contribution in [2.24, 2.45) is 10.2 Å². The van der Waals surface area contributed by atoms with E-state index in [-0.39, 0.29) is 12.1 Å². The van der Waals surface area contributed by atoms with E-state index in [9.17, 15) is 0 Å². The maximum atomic E-state index is 8.76. The molecule has 6 heteroatoms. The molecule has 23 heavy (non-hydrogen) atoms. The van der Waals surface area contributed by atoms with Crippen molar-refractivity contribution in [3.8, 4) is 0 Å². The van der Waals surface area contributed by atoms with Crippen LogP contribution in [0.4, 0.5) is 0 Å². The van der Waals surface area contributed by atoms with Gasteiger partial charge in [0.05, 0.1) is 12.1 Å². The molecule has 0 N–H and O–H groups in total. The lowest BCUT2D eigenvalue weighted by Crippen LogP contribution is -1.98. The summed E-state index contributed by atoms with van der Waals surface area (Å²) in [4.78, 5) is 5.90. The molecule has 2 aromatic carbocycles. The monoisotopic (exact) mass is 306 g/mol. The van der Waals surface area contributed by atoms with E-state index in [4.69, 9.17) is 11.1 Å². The Morgan fingerprint density at radius 3 is 1.43 bits per heavy atom. The number of nitrogens with zero attached hydrogens (tertiary/aromatic N) is 6. The van der Waals surface area contributed by atoms with Gasteiger partial charge in [-0.2, -0.15) is 0 Å². The lowest BCUT2D eigenvalue weighted by Gasteiger charge is -2.14. The van der Waals surface area contributed by atoms with Crippen molar-refractivity contribution in [2.75, 3.05) is 0 Å². The van der Waals surface area contributed by atoms with Crippen LogP contribution in [0.15, 0.2) is 70.9 Å². The van der Waals surface area contributed by atoms with Crippen LogP contribution in [-0.2, 0) is 0 Å². The second kappa shape index (κ2) is 9.15. The van der Waals surface area contributed by atoms with E-state index in [0.29, 0.717) is 0 Å². The van der Waals surface area contributed by atoms with Crippen LogP contribution in [0, 0.1) is 0 Å². The summed E-state index contributed by atoms with van der Waals surface area (Å²) in [5, 5.41) is 7.77. The van der Waals surface area contributed by atoms with Crippen molar-refractivity contribution < 1.29 is 0 Å². The van der Waals surface area contributed by atoms with E-state index >= 15 is 0 Å². The number of hydrogen-bond acceptors (Lipinski definition) is 2. The second-order valence-electron chi connectivity index (χ2n) is 5.19. The van der Waals surface area contributed by atoms with Crippen molar-refractivity contribution in [3.63, 3.8) is 0 Å². The number of azide groups is 2. The largest absolute Gasteiger partial charge is 0.0859 e. The highest BCUT2D eigenvalue weighted by Gasteiger charge is 2.13. The first kappa shape index (κ1) is 16.4. The van der Waals surface area contributed by atoms with E-state index in [1.54, 1.807) is 0 Å². The third kappa shape index (κ3) is 5.08. The molecule has 0 amide bonds. The minimum atomic E-state index is -0.191. The molecule has 0 heterocycles. The summed E-state index contributed by atoms with van der Waals surface area (Å²) >= 11 is 0. The van der Waals surface area contributed by atoms with Crippen LogP contribution in [0.5, 0.6) is 0 Å². The summed E-state index contributed by atoms with van der Waals surface area (Å²) in [6, 6.07) is 19.1. The average molecular weight is 306 g/mol. The molecule has 116 valence electrons. The van der Waals surface area contributed by atoms with E-state index in [1.165, 1.54) is 0 Å². The maximum Gasteiger partial charge on any atom is 0.0625 e. The molecule has 2 unspecified atom stereocenters. The minimum Gasteiger partial charge on any atom is -0.0859 e. The molecular weight excluding hydrogens is 288 g/mol. The van der Waals surface area contributed by atoms with Crippen LogP contribution < -0.4 is 0 Å². The standard InChI is InChI=1S/C17H18N6/c18-22-20-16(14-8-3-1-4-9-14)12-7-13-17(21-23-19)15-10-5-2-6-11-15/h1-6,8-11,16-17H,7,12-13H2. The first-order chi connectivity index (χ1) is 11.3. The molecule has 0 aromatic heterocycles. The molecule has 6 nitrogen and oxygen atoms in total. The highest BCUT2D eigenvalue weighted by atomic mass is 15.2. The smallest absolute Gasteiger partial charge is 0.0625 e. The maximum absolute atomic E-state index is 8.76. The Morgan fingerprint density at radius 1 is 0.696 bits per heavy atom. The van der Waals surface area contributed by atoms with Crippen molar-refractivity contribution >= 4 is 0 Å². The van der Waals surface area contributed by atoms with Gasteiger partial charge >= 0.3 is 0 Å². The van der Waals surface area contributed by atoms with Gasteiger partial charge in [-0.1, -0.05) is 77.3 Å². The van der Waals surface area contributed by atoms with Crippen LogP contribution in [0.2, 0.25) is 0 Å². The van der Waals surface area contributed by atoms with Gasteiger partial charge < -0.3 is 0 Å². The lowest BCUT2D eigenvalue weighted by atomic mass is 9.97. The zero-order valence-corrected chi connectivity index (χ0v) is 12.7. The third-order valence-electron chi connectivity index (χ3n) is 3.71. The molecular formula is C17H18N6. The van der Waals surface area contributed by atoms with Gasteiger partial charge in [0.1, 0.15) is 0 Å². The van der Waals surface area contributed by atoms with Crippen LogP contribution in [0.25, 0.3) is 20.9 Å². The molecule has 0 bridgehead atoms.